The van der Waals surface area contributed by atoms with Gasteiger partial charge in [0, 0.05) is 24.8 Å². The molecule has 0 aromatic heterocycles. The maximum absolute atomic E-state index is 6.06. The number of nitrogens with zero attached hydrogens (tertiary/aromatic N) is 1. The molecule has 0 aliphatic carbocycles. The minimum absolute atomic E-state index is 0.249. The summed E-state index contributed by atoms with van der Waals surface area (Å²) in [4.78, 5) is 0. The molecule has 3 nitrogen and oxygen atoms in total. The second kappa shape index (κ2) is 10.2. The number of hydrogen-bond acceptors (Lipinski definition) is 4. The van der Waals surface area contributed by atoms with Crippen LogP contribution in [-0.4, -0.2) is 36.8 Å². The second-order valence-electron chi connectivity index (χ2n) is 4.90. The highest BCUT2D eigenvalue weighted by molar-refractivity contribution is 7.97. The van der Waals surface area contributed by atoms with Gasteiger partial charge in [-0.15, -0.1) is 0 Å². The molecule has 2 N–H and O–H groups in total. The predicted octanol–water partition coefficient (Wildman–Crippen LogP) is 3.33. The molecule has 20 heavy (non-hydrogen) atoms. The minimum Gasteiger partial charge on any atom is -0.372 e. The van der Waals surface area contributed by atoms with E-state index in [-0.39, 0.29) is 6.10 Å². The summed E-state index contributed by atoms with van der Waals surface area (Å²) in [7, 11) is 1.50. The van der Waals surface area contributed by atoms with Gasteiger partial charge in [0.25, 0.3) is 0 Å². The standard InChI is InChI=1S/C15H23NOS.CH5N/c1-3-11-18-16-9-10-17-15(13(2)12-16)14-7-5-4-6-8-14;1-2/h4-8,13,15H,3,9-12H2,1-2H3;2H2,1H3/t13-,15?;/m0./s1. The summed E-state index contributed by atoms with van der Waals surface area (Å²) in [6.45, 7) is 7.52. The van der Waals surface area contributed by atoms with E-state index in [1.54, 1.807) is 0 Å². The van der Waals surface area contributed by atoms with Crippen molar-refractivity contribution in [3.05, 3.63) is 35.9 Å². The zero-order valence-corrected chi connectivity index (χ0v) is 13.7. The number of rotatable bonds is 4. The molecule has 1 unspecified atom stereocenters. The quantitative estimate of drug-likeness (QED) is 0.865. The Bertz CT molecular complexity index is 348. The highest BCUT2D eigenvalue weighted by Gasteiger charge is 2.25. The molecule has 2 atom stereocenters. The minimum atomic E-state index is 0.249. The fourth-order valence-electron chi connectivity index (χ4n) is 2.36. The van der Waals surface area contributed by atoms with Crippen molar-refractivity contribution < 1.29 is 4.74 Å². The van der Waals surface area contributed by atoms with Crippen LogP contribution in [0.15, 0.2) is 30.3 Å². The van der Waals surface area contributed by atoms with Crippen LogP contribution in [0.5, 0.6) is 0 Å². The van der Waals surface area contributed by atoms with Crippen molar-refractivity contribution in [2.24, 2.45) is 11.7 Å². The Hall–Kier alpha value is -0.550. The van der Waals surface area contributed by atoms with Crippen LogP contribution in [0.3, 0.4) is 0 Å². The SMILES string of the molecule is CCCSN1CCOC(c2ccccc2)[C@@H](C)C1.CN. The normalized spacial score (nSPS) is 23.6. The van der Waals surface area contributed by atoms with Gasteiger partial charge < -0.3 is 10.5 Å². The lowest BCUT2D eigenvalue weighted by Crippen LogP contribution is -2.23. The molecule has 0 spiro atoms. The fourth-order valence-corrected chi connectivity index (χ4v) is 3.34. The molecule has 1 aliphatic rings. The van der Waals surface area contributed by atoms with Crippen molar-refractivity contribution in [2.75, 3.05) is 32.5 Å². The van der Waals surface area contributed by atoms with E-state index in [9.17, 15) is 0 Å². The van der Waals surface area contributed by atoms with E-state index in [0.29, 0.717) is 5.92 Å². The Morgan fingerprint density at radius 1 is 1.30 bits per heavy atom. The lowest BCUT2D eigenvalue weighted by atomic mass is 9.97. The number of nitrogens with two attached hydrogens (primary N) is 1. The molecular formula is C16H28N2OS. The van der Waals surface area contributed by atoms with Crippen LogP contribution in [-0.2, 0) is 4.74 Å². The van der Waals surface area contributed by atoms with Gasteiger partial charge in [0.1, 0.15) is 0 Å². The van der Waals surface area contributed by atoms with Crippen molar-refractivity contribution in [1.29, 1.82) is 0 Å². The third-order valence-corrected chi connectivity index (χ3v) is 4.54. The van der Waals surface area contributed by atoms with Crippen LogP contribution in [0.25, 0.3) is 0 Å². The molecule has 2 rings (SSSR count). The Labute approximate surface area is 128 Å². The summed E-state index contributed by atoms with van der Waals surface area (Å²) in [6.07, 6.45) is 1.48. The van der Waals surface area contributed by atoms with Gasteiger partial charge in [-0.3, -0.25) is 0 Å². The van der Waals surface area contributed by atoms with Gasteiger partial charge in [0.15, 0.2) is 0 Å². The smallest absolute Gasteiger partial charge is 0.0863 e. The van der Waals surface area contributed by atoms with Crippen LogP contribution in [0.4, 0.5) is 0 Å². The first-order valence-electron chi connectivity index (χ1n) is 7.43. The van der Waals surface area contributed by atoms with Crippen molar-refractivity contribution in [3.8, 4) is 0 Å². The molecule has 1 aromatic carbocycles. The summed E-state index contributed by atoms with van der Waals surface area (Å²) >= 11 is 1.97. The predicted molar refractivity (Wildman–Crippen MR) is 88.7 cm³/mol. The number of benzene rings is 1. The zero-order valence-electron chi connectivity index (χ0n) is 12.9. The van der Waals surface area contributed by atoms with E-state index in [1.165, 1.54) is 24.8 Å². The lowest BCUT2D eigenvalue weighted by molar-refractivity contribution is 0.0360. The van der Waals surface area contributed by atoms with E-state index in [0.717, 1.165) is 19.7 Å². The maximum atomic E-state index is 6.06. The number of hydrogen-bond donors (Lipinski definition) is 1. The lowest BCUT2D eigenvalue weighted by Gasteiger charge is -2.24. The molecule has 1 aliphatic heterocycles. The Morgan fingerprint density at radius 3 is 2.65 bits per heavy atom. The van der Waals surface area contributed by atoms with Gasteiger partial charge in [-0.2, -0.15) is 0 Å². The van der Waals surface area contributed by atoms with Gasteiger partial charge in [-0.25, -0.2) is 4.31 Å². The monoisotopic (exact) mass is 296 g/mol. The van der Waals surface area contributed by atoms with E-state index < -0.39 is 0 Å². The first-order chi connectivity index (χ1) is 9.81. The van der Waals surface area contributed by atoms with Crippen LogP contribution >= 0.6 is 11.9 Å². The first-order valence-corrected chi connectivity index (χ1v) is 8.37. The molecule has 0 radical (unpaired) electrons. The van der Waals surface area contributed by atoms with Crippen LogP contribution in [0.2, 0.25) is 0 Å². The Morgan fingerprint density at radius 2 is 2.00 bits per heavy atom. The van der Waals surface area contributed by atoms with Gasteiger partial charge >= 0.3 is 0 Å². The van der Waals surface area contributed by atoms with E-state index in [1.807, 2.05) is 11.9 Å². The molecule has 0 saturated carbocycles. The van der Waals surface area contributed by atoms with Crippen molar-refractivity contribution in [1.82, 2.24) is 4.31 Å². The van der Waals surface area contributed by atoms with Gasteiger partial charge in [-0.1, -0.05) is 56.1 Å². The molecule has 114 valence electrons. The molecule has 1 heterocycles. The number of ether oxygens (including phenoxy) is 1. The third-order valence-electron chi connectivity index (χ3n) is 3.25. The summed E-state index contributed by atoms with van der Waals surface area (Å²) in [5, 5.41) is 0. The molecule has 1 fully saturated rings. The van der Waals surface area contributed by atoms with Gasteiger partial charge in [0.2, 0.25) is 0 Å². The van der Waals surface area contributed by atoms with E-state index in [2.05, 4.69) is 54.2 Å². The molecule has 0 bridgehead atoms. The largest absolute Gasteiger partial charge is 0.372 e. The van der Waals surface area contributed by atoms with Gasteiger partial charge in [-0.05, 0) is 19.0 Å². The average molecular weight is 296 g/mol. The summed E-state index contributed by atoms with van der Waals surface area (Å²) in [5.74, 6) is 1.75. The summed E-state index contributed by atoms with van der Waals surface area (Å²) in [6, 6.07) is 10.6. The summed E-state index contributed by atoms with van der Waals surface area (Å²) in [5.41, 5.74) is 5.81. The maximum Gasteiger partial charge on any atom is 0.0863 e. The summed E-state index contributed by atoms with van der Waals surface area (Å²) < 4.78 is 8.53. The van der Waals surface area contributed by atoms with E-state index >= 15 is 0 Å². The van der Waals surface area contributed by atoms with Crippen molar-refractivity contribution in [3.63, 3.8) is 0 Å². The third kappa shape index (κ3) is 5.44. The van der Waals surface area contributed by atoms with Crippen molar-refractivity contribution >= 4 is 11.9 Å². The molecule has 4 heteroatoms. The zero-order chi connectivity index (χ0) is 14.8. The van der Waals surface area contributed by atoms with Gasteiger partial charge in [0.05, 0.1) is 12.7 Å². The fraction of sp³-hybridized carbons (Fsp3) is 0.625. The highest BCUT2D eigenvalue weighted by atomic mass is 32.2. The molecule has 0 amide bonds. The topological polar surface area (TPSA) is 38.5 Å². The highest BCUT2D eigenvalue weighted by Crippen LogP contribution is 2.30. The Kier molecular flexibility index (Phi) is 8.94. The second-order valence-corrected chi connectivity index (χ2v) is 6.08. The average Bonchev–Trinajstić information content (AvgIpc) is 2.69. The van der Waals surface area contributed by atoms with E-state index in [4.69, 9.17) is 4.74 Å². The molecule has 1 aromatic rings. The van der Waals surface area contributed by atoms with Crippen LogP contribution in [0, 0.1) is 5.92 Å². The van der Waals surface area contributed by atoms with Crippen molar-refractivity contribution in [2.45, 2.75) is 26.4 Å². The molecule has 1 saturated heterocycles. The Balaban J connectivity index is 0.000000956. The first kappa shape index (κ1) is 17.5. The van der Waals surface area contributed by atoms with Crippen LogP contribution in [0.1, 0.15) is 31.9 Å². The molecular weight excluding hydrogens is 268 g/mol. The van der Waals surface area contributed by atoms with Crippen LogP contribution < -0.4 is 5.73 Å².